The number of urea groups is 1. The molecule has 1 aromatic carbocycles. The summed E-state index contributed by atoms with van der Waals surface area (Å²) in [7, 11) is 0. The van der Waals surface area contributed by atoms with E-state index in [-0.39, 0.29) is 11.8 Å². The molecule has 0 aliphatic rings. The Morgan fingerprint density at radius 1 is 1.39 bits per heavy atom. The summed E-state index contributed by atoms with van der Waals surface area (Å²) in [5, 5.41) is 5.81. The summed E-state index contributed by atoms with van der Waals surface area (Å²) in [5.74, 6) is 0.0172. The lowest BCUT2D eigenvalue weighted by molar-refractivity contribution is 0.101. The Labute approximate surface area is 108 Å². The van der Waals surface area contributed by atoms with Crippen molar-refractivity contribution in [2.24, 2.45) is 0 Å². The fourth-order valence-corrected chi connectivity index (χ4v) is 2.40. The molecule has 0 unspecified atom stereocenters. The zero-order chi connectivity index (χ0) is 13.1. The molecule has 0 atom stereocenters. The molecule has 0 aliphatic heterocycles. The predicted octanol–water partition coefficient (Wildman–Crippen LogP) is 2.64. The number of fused-ring (bicyclic) bond motifs is 1. The van der Waals surface area contributed by atoms with Crippen molar-refractivity contribution in [1.82, 2.24) is 10.3 Å². The number of rotatable bonds is 3. The van der Waals surface area contributed by atoms with Crippen LogP contribution in [0.5, 0.6) is 0 Å². The van der Waals surface area contributed by atoms with Gasteiger partial charge in [0.05, 0.1) is 10.2 Å². The van der Waals surface area contributed by atoms with E-state index in [1.807, 2.05) is 6.92 Å². The van der Waals surface area contributed by atoms with E-state index < -0.39 is 0 Å². The van der Waals surface area contributed by atoms with Crippen LogP contribution in [0.1, 0.15) is 24.2 Å². The summed E-state index contributed by atoms with van der Waals surface area (Å²) < 4.78 is 0.884. The first kappa shape index (κ1) is 12.5. The topological polar surface area (TPSA) is 71.1 Å². The Bertz CT molecular complexity index is 606. The van der Waals surface area contributed by atoms with Crippen LogP contribution >= 0.6 is 11.3 Å². The summed E-state index contributed by atoms with van der Waals surface area (Å²) in [5.41, 5.74) is 1.42. The van der Waals surface area contributed by atoms with Gasteiger partial charge in [0.2, 0.25) is 0 Å². The van der Waals surface area contributed by atoms with Gasteiger partial charge >= 0.3 is 6.03 Å². The first-order valence-corrected chi connectivity index (χ1v) is 6.38. The molecule has 0 saturated heterocycles. The smallest absolute Gasteiger partial charge is 0.321 e. The van der Waals surface area contributed by atoms with Crippen molar-refractivity contribution in [2.45, 2.75) is 13.8 Å². The monoisotopic (exact) mass is 263 g/mol. The third kappa shape index (κ3) is 2.65. The van der Waals surface area contributed by atoms with Crippen molar-refractivity contribution in [3.8, 4) is 0 Å². The number of nitrogens with one attached hydrogen (secondary N) is 2. The number of hydrogen-bond acceptors (Lipinski definition) is 4. The highest BCUT2D eigenvalue weighted by atomic mass is 32.1. The third-order valence-electron chi connectivity index (χ3n) is 2.35. The zero-order valence-electron chi connectivity index (χ0n) is 10.1. The van der Waals surface area contributed by atoms with Crippen molar-refractivity contribution in [3.05, 3.63) is 23.8 Å². The van der Waals surface area contributed by atoms with Crippen LogP contribution < -0.4 is 10.6 Å². The molecular formula is C12H13N3O2S. The maximum atomic E-state index is 11.4. The Morgan fingerprint density at radius 3 is 2.83 bits per heavy atom. The van der Waals surface area contributed by atoms with Gasteiger partial charge in [-0.2, -0.15) is 0 Å². The van der Waals surface area contributed by atoms with E-state index in [9.17, 15) is 9.59 Å². The first-order valence-electron chi connectivity index (χ1n) is 5.56. The molecule has 0 aliphatic carbocycles. The number of thiazole rings is 1. The SMILES string of the molecule is CCNC(=O)Nc1nc2ccc(C(C)=O)cc2s1. The lowest BCUT2D eigenvalue weighted by atomic mass is 10.1. The van der Waals surface area contributed by atoms with Gasteiger partial charge in [-0.3, -0.25) is 10.1 Å². The number of carbonyl (C=O) groups excluding carboxylic acids is 2. The Balaban J connectivity index is 2.27. The van der Waals surface area contributed by atoms with Gasteiger partial charge < -0.3 is 5.32 Å². The Hall–Kier alpha value is -1.95. The van der Waals surface area contributed by atoms with Crippen molar-refractivity contribution in [1.29, 1.82) is 0 Å². The average molecular weight is 263 g/mol. The van der Waals surface area contributed by atoms with Gasteiger partial charge in [0.15, 0.2) is 10.9 Å². The van der Waals surface area contributed by atoms with Crippen molar-refractivity contribution >= 4 is 38.5 Å². The number of Topliss-reactive ketones (excluding diaryl/α,β-unsaturated/α-hetero) is 1. The van der Waals surface area contributed by atoms with Gasteiger partial charge in [-0.15, -0.1) is 0 Å². The molecule has 2 N–H and O–H groups in total. The highest BCUT2D eigenvalue weighted by molar-refractivity contribution is 7.22. The van der Waals surface area contributed by atoms with Crippen molar-refractivity contribution < 1.29 is 9.59 Å². The van der Waals surface area contributed by atoms with Gasteiger partial charge in [0.25, 0.3) is 0 Å². The van der Waals surface area contributed by atoms with Crippen LogP contribution in [-0.2, 0) is 0 Å². The van der Waals surface area contributed by atoms with Crippen LogP contribution in [-0.4, -0.2) is 23.3 Å². The number of benzene rings is 1. The normalized spacial score (nSPS) is 10.3. The molecule has 0 bridgehead atoms. The van der Waals surface area contributed by atoms with Crippen LogP contribution in [0.15, 0.2) is 18.2 Å². The van der Waals surface area contributed by atoms with E-state index in [1.54, 1.807) is 18.2 Å². The minimum absolute atomic E-state index is 0.0172. The average Bonchev–Trinajstić information content (AvgIpc) is 2.69. The fourth-order valence-electron chi connectivity index (χ4n) is 1.50. The molecule has 1 aromatic heterocycles. The Morgan fingerprint density at radius 2 is 2.17 bits per heavy atom. The van der Waals surface area contributed by atoms with E-state index in [1.165, 1.54) is 18.3 Å². The fraction of sp³-hybridized carbons (Fsp3) is 0.250. The molecule has 2 rings (SSSR count). The van der Waals surface area contributed by atoms with Crippen molar-refractivity contribution in [3.63, 3.8) is 0 Å². The van der Waals surface area contributed by atoms with Crippen molar-refractivity contribution in [2.75, 3.05) is 11.9 Å². The van der Waals surface area contributed by atoms with Crippen LogP contribution in [0.3, 0.4) is 0 Å². The highest BCUT2D eigenvalue weighted by Crippen LogP contribution is 2.26. The maximum Gasteiger partial charge on any atom is 0.321 e. The van der Waals surface area contributed by atoms with Gasteiger partial charge in [-0.1, -0.05) is 11.3 Å². The molecule has 18 heavy (non-hydrogen) atoms. The molecule has 1 heterocycles. The summed E-state index contributed by atoms with van der Waals surface area (Å²) in [4.78, 5) is 26.9. The molecular weight excluding hydrogens is 250 g/mol. The number of hydrogen-bond donors (Lipinski definition) is 2. The summed E-state index contributed by atoms with van der Waals surface area (Å²) in [6.07, 6.45) is 0. The van der Waals surface area contributed by atoms with E-state index in [0.717, 1.165) is 10.2 Å². The lowest BCUT2D eigenvalue weighted by Gasteiger charge is -2.00. The number of amides is 2. The molecule has 0 fully saturated rings. The second-order valence-electron chi connectivity index (χ2n) is 3.74. The first-order chi connectivity index (χ1) is 8.60. The number of anilines is 1. The Kier molecular flexibility index (Phi) is 3.57. The van der Waals surface area contributed by atoms with Gasteiger partial charge in [0, 0.05) is 12.1 Å². The lowest BCUT2D eigenvalue weighted by Crippen LogP contribution is -2.28. The predicted molar refractivity (Wildman–Crippen MR) is 72.3 cm³/mol. The number of nitrogens with zero attached hydrogens (tertiary/aromatic N) is 1. The minimum atomic E-state index is -0.275. The molecule has 0 spiro atoms. The van der Waals surface area contributed by atoms with Crippen LogP contribution in [0.25, 0.3) is 10.2 Å². The molecule has 6 heteroatoms. The third-order valence-corrected chi connectivity index (χ3v) is 3.29. The van der Waals surface area contributed by atoms with Crippen LogP contribution in [0.2, 0.25) is 0 Å². The van der Waals surface area contributed by atoms with Gasteiger partial charge in [-0.25, -0.2) is 9.78 Å². The summed E-state index contributed by atoms with van der Waals surface area (Å²) >= 11 is 1.35. The zero-order valence-corrected chi connectivity index (χ0v) is 10.9. The number of ketones is 1. The number of carbonyl (C=O) groups is 2. The maximum absolute atomic E-state index is 11.4. The number of aromatic nitrogens is 1. The van der Waals surface area contributed by atoms with E-state index in [2.05, 4.69) is 15.6 Å². The largest absolute Gasteiger partial charge is 0.338 e. The summed E-state index contributed by atoms with van der Waals surface area (Å²) in [6, 6.07) is 5.03. The van der Waals surface area contributed by atoms with E-state index >= 15 is 0 Å². The van der Waals surface area contributed by atoms with Crippen LogP contribution in [0, 0.1) is 0 Å². The minimum Gasteiger partial charge on any atom is -0.338 e. The molecule has 94 valence electrons. The van der Waals surface area contributed by atoms with E-state index in [4.69, 9.17) is 0 Å². The van der Waals surface area contributed by atoms with E-state index in [0.29, 0.717) is 17.2 Å². The quantitative estimate of drug-likeness (QED) is 0.836. The molecule has 0 saturated carbocycles. The highest BCUT2D eigenvalue weighted by Gasteiger charge is 2.08. The molecule has 2 aromatic rings. The molecule has 5 nitrogen and oxygen atoms in total. The molecule has 0 radical (unpaired) electrons. The summed E-state index contributed by atoms with van der Waals surface area (Å²) in [6.45, 7) is 3.93. The standard InChI is InChI=1S/C12H13N3O2S/c1-3-13-11(17)15-12-14-9-5-4-8(7(2)16)6-10(9)18-12/h4-6H,3H2,1-2H3,(H2,13,14,15,17). The van der Waals surface area contributed by atoms with Gasteiger partial charge in [0.1, 0.15) is 0 Å². The second-order valence-corrected chi connectivity index (χ2v) is 4.77. The molecule has 2 amide bonds. The second kappa shape index (κ2) is 5.14. The van der Waals surface area contributed by atoms with Crippen LogP contribution in [0.4, 0.5) is 9.93 Å². The van der Waals surface area contributed by atoms with Gasteiger partial charge in [-0.05, 0) is 32.0 Å².